The monoisotopic (exact) mass is 355 g/mol. The second-order valence-corrected chi connectivity index (χ2v) is 5.55. The zero-order chi connectivity index (χ0) is 15.1. The van der Waals surface area contributed by atoms with E-state index < -0.39 is 36.5 Å². The summed E-state index contributed by atoms with van der Waals surface area (Å²) in [6.45, 7) is -1.16. The molecule has 1 aliphatic heterocycles. The highest BCUT2D eigenvalue weighted by Crippen LogP contribution is 2.38. The first-order chi connectivity index (χ1) is 9.14. The molecule has 0 aliphatic carbocycles. The molecule has 1 aromatic rings. The van der Waals surface area contributed by atoms with Gasteiger partial charge in [0.15, 0.2) is 5.60 Å². The highest BCUT2D eigenvalue weighted by atomic mass is 79.9. The Bertz CT molecular complexity index is 549. The smallest absolute Gasteiger partial charge is 0.379 e. The Morgan fingerprint density at radius 3 is 2.60 bits per heavy atom. The van der Waals surface area contributed by atoms with E-state index in [1.807, 2.05) is 0 Å². The predicted molar refractivity (Wildman–Crippen MR) is 65.6 cm³/mol. The van der Waals surface area contributed by atoms with E-state index >= 15 is 0 Å². The van der Waals surface area contributed by atoms with Crippen molar-refractivity contribution < 1.29 is 27.5 Å². The lowest BCUT2D eigenvalue weighted by atomic mass is 10.0. The first-order valence-electron chi connectivity index (χ1n) is 5.67. The van der Waals surface area contributed by atoms with E-state index in [1.165, 1.54) is 12.1 Å². The van der Waals surface area contributed by atoms with Gasteiger partial charge < -0.3 is 10.0 Å². The summed E-state index contributed by atoms with van der Waals surface area (Å²) in [6.07, 6.45) is -5.43. The molecule has 1 amide bonds. The Labute approximate surface area is 120 Å². The van der Waals surface area contributed by atoms with Crippen LogP contribution in [0.4, 0.5) is 17.6 Å². The molecule has 0 saturated carbocycles. The predicted octanol–water partition coefficient (Wildman–Crippen LogP) is 2.73. The molecule has 1 saturated heterocycles. The fourth-order valence-electron chi connectivity index (χ4n) is 2.03. The minimum absolute atomic E-state index is 0.277. The van der Waals surface area contributed by atoms with Crippen LogP contribution in [0.1, 0.15) is 16.8 Å². The zero-order valence-corrected chi connectivity index (χ0v) is 11.6. The third-order valence-corrected chi connectivity index (χ3v) is 3.71. The molecule has 0 radical (unpaired) electrons. The third-order valence-electron chi connectivity index (χ3n) is 3.22. The molecule has 1 aromatic carbocycles. The first kappa shape index (κ1) is 15.2. The molecule has 0 spiro atoms. The summed E-state index contributed by atoms with van der Waals surface area (Å²) in [5, 5.41) is 9.50. The van der Waals surface area contributed by atoms with Crippen LogP contribution in [-0.2, 0) is 0 Å². The number of likely N-dealkylation sites (tertiary alicyclic amines) is 1. The standard InChI is InChI=1S/C12H10BrF4NO2/c13-7-1-2-9(14)8(5-7)10(19)18-4-3-11(20,6-18)12(15,16)17/h1-2,5,20H,3-4,6H2. The fourth-order valence-corrected chi connectivity index (χ4v) is 2.39. The number of hydrogen-bond donors (Lipinski definition) is 1. The average molecular weight is 356 g/mol. The number of benzene rings is 1. The van der Waals surface area contributed by atoms with Gasteiger partial charge in [0, 0.05) is 17.4 Å². The first-order valence-corrected chi connectivity index (χ1v) is 6.47. The maximum absolute atomic E-state index is 13.5. The quantitative estimate of drug-likeness (QED) is 0.787. The van der Waals surface area contributed by atoms with Gasteiger partial charge in [-0.15, -0.1) is 0 Å². The normalized spacial score (nSPS) is 23.2. The Morgan fingerprint density at radius 1 is 1.40 bits per heavy atom. The van der Waals surface area contributed by atoms with Crippen LogP contribution < -0.4 is 0 Å². The van der Waals surface area contributed by atoms with Gasteiger partial charge in [-0.1, -0.05) is 15.9 Å². The van der Waals surface area contributed by atoms with Crippen LogP contribution in [-0.4, -0.2) is 40.8 Å². The Balaban J connectivity index is 2.22. The van der Waals surface area contributed by atoms with Crippen LogP contribution in [0.2, 0.25) is 0 Å². The van der Waals surface area contributed by atoms with E-state index in [2.05, 4.69) is 15.9 Å². The van der Waals surface area contributed by atoms with E-state index in [0.29, 0.717) is 4.47 Å². The lowest BCUT2D eigenvalue weighted by Gasteiger charge is -2.26. The van der Waals surface area contributed by atoms with Gasteiger partial charge in [0.25, 0.3) is 5.91 Å². The Morgan fingerprint density at radius 2 is 2.05 bits per heavy atom. The summed E-state index contributed by atoms with van der Waals surface area (Å²) < 4.78 is 52.0. The number of β-amino-alcohol motifs (C(OH)–C–C–N with tert-alkyl or cyclic N) is 1. The molecular weight excluding hydrogens is 346 g/mol. The summed E-state index contributed by atoms with van der Waals surface area (Å²) in [7, 11) is 0. The van der Waals surface area contributed by atoms with Crippen molar-refractivity contribution in [3.63, 3.8) is 0 Å². The van der Waals surface area contributed by atoms with E-state index in [-0.39, 0.29) is 12.1 Å². The molecule has 110 valence electrons. The van der Waals surface area contributed by atoms with Crippen molar-refractivity contribution in [3.05, 3.63) is 34.1 Å². The van der Waals surface area contributed by atoms with Gasteiger partial charge in [0.05, 0.1) is 12.1 Å². The fraction of sp³-hybridized carbons (Fsp3) is 0.417. The van der Waals surface area contributed by atoms with E-state index in [9.17, 15) is 27.5 Å². The average Bonchev–Trinajstić information content (AvgIpc) is 2.75. The number of carbonyl (C=O) groups is 1. The van der Waals surface area contributed by atoms with Crippen molar-refractivity contribution in [2.24, 2.45) is 0 Å². The molecule has 1 N–H and O–H groups in total. The van der Waals surface area contributed by atoms with Crippen molar-refractivity contribution >= 4 is 21.8 Å². The highest BCUT2D eigenvalue weighted by molar-refractivity contribution is 9.10. The highest BCUT2D eigenvalue weighted by Gasteiger charge is 2.57. The molecule has 1 unspecified atom stereocenters. The molecule has 3 nitrogen and oxygen atoms in total. The van der Waals surface area contributed by atoms with Crippen molar-refractivity contribution in [1.29, 1.82) is 0 Å². The molecule has 1 fully saturated rings. The summed E-state index contributed by atoms with van der Waals surface area (Å²) in [6, 6.07) is 3.62. The summed E-state index contributed by atoms with van der Waals surface area (Å²) >= 11 is 3.06. The molecule has 0 bridgehead atoms. The number of halogens is 5. The van der Waals surface area contributed by atoms with Crippen molar-refractivity contribution in [3.8, 4) is 0 Å². The number of hydrogen-bond acceptors (Lipinski definition) is 2. The Kier molecular flexibility index (Phi) is 3.81. The van der Waals surface area contributed by atoms with Gasteiger partial charge in [-0.3, -0.25) is 4.79 Å². The van der Waals surface area contributed by atoms with Crippen molar-refractivity contribution in [2.75, 3.05) is 13.1 Å². The zero-order valence-electron chi connectivity index (χ0n) is 10.0. The van der Waals surface area contributed by atoms with E-state index in [4.69, 9.17) is 0 Å². The number of aliphatic hydroxyl groups is 1. The second kappa shape index (κ2) is 5.00. The minimum atomic E-state index is -4.82. The van der Waals surface area contributed by atoms with Gasteiger partial charge in [0.1, 0.15) is 5.82 Å². The van der Waals surface area contributed by atoms with Crippen molar-refractivity contribution in [1.82, 2.24) is 4.90 Å². The molecule has 1 aliphatic rings. The molecule has 2 rings (SSSR count). The minimum Gasteiger partial charge on any atom is -0.379 e. The van der Waals surface area contributed by atoms with Crippen LogP contribution in [0.15, 0.2) is 22.7 Å². The summed E-state index contributed by atoms with van der Waals surface area (Å²) in [4.78, 5) is 12.8. The summed E-state index contributed by atoms with van der Waals surface area (Å²) in [5.41, 5.74) is -3.25. The Hall–Kier alpha value is -1.15. The van der Waals surface area contributed by atoms with Crippen LogP contribution in [0.25, 0.3) is 0 Å². The number of nitrogens with zero attached hydrogens (tertiary/aromatic N) is 1. The number of alkyl halides is 3. The van der Waals surface area contributed by atoms with Gasteiger partial charge in [-0.2, -0.15) is 13.2 Å². The molecule has 0 aromatic heterocycles. The number of amides is 1. The lowest BCUT2D eigenvalue weighted by molar-refractivity contribution is -0.253. The third kappa shape index (κ3) is 2.67. The SMILES string of the molecule is O=C(c1cc(Br)ccc1F)N1CCC(O)(C(F)(F)F)C1. The second-order valence-electron chi connectivity index (χ2n) is 4.63. The van der Waals surface area contributed by atoms with Gasteiger partial charge in [-0.05, 0) is 18.2 Å². The molecule has 8 heteroatoms. The molecule has 1 atom stereocenters. The molecular formula is C12H10BrF4NO2. The maximum atomic E-state index is 13.5. The van der Waals surface area contributed by atoms with E-state index in [1.54, 1.807) is 0 Å². The van der Waals surface area contributed by atoms with Crippen LogP contribution in [0.5, 0.6) is 0 Å². The number of rotatable bonds is 1. The van der Waals surface area contributed by atoms with Crippen LogP contribution in [0.3, 0.4) is 0 Å². The lowest BCUT2D eigenvalue weighted by Crippen LogP contribution is -2.48. The van der Waals surface area contributed by atoms with Crippen molar-refractivity contribution in [2.45, 2.75) is 18.2 Å². The van der Waals surface area contributed by atoms with E-state index in [0.717, 1.165) is 11.0 Å². The van der Waals surface area contributed by atoms with Gasteiger partial charge >= 0.3 is 6.18 Å². The van der Waals surface area contributed by atoms with Gasteiger partial charge in [-0.25, -0.2) is 4.39 Å². The van der Waals surface area contributed by atoms with Crippen LogP contribution in [0, 0.1) is 5.82 Å². The molecule has 1 heterocycles. The maximum Gasteiger partial charge on any atom is 0.419 e. The summed E-state index contributed by atoms with van der Waals surface area (Å²) in [5.74, 6) is -1.69. The van der Waals surface area contributed by atoms with Gasteiger partial charge in [0.2, 0.25) is 0 Å². The topological polar surface area (TPSA) is 40.5 Å². The molecule has 20 heavy (non-hydrogen) atoms. The largest absolute Gasteiger partial charge is 0.419 e. The van der Waals surface area contributed by atoms with Crippen LogP contribution >= 0.6 is 15.9 Å². The number of carbonyl (C=O) groups excluding carboxylic acids is 1.